The van der Waals surface area contributed by atoms with E-state index in [1.807, 2.05) is 0 Å². The van der Waals surface area contributed by atoms with Crippen LogP contribution < -0.4 is 0 Å². The van der Waals surface area contributed by atoms with Crippen LogP contribution in [0, 0.1) is 0 Å². The summed E-state index contributed by atoms with van der Waals surface area (Å²) in [6.45, 7) is 2.19. The SMILES string of the molecule is CCCCCCCC(F)P. The fourth-order valence-corrected chi connectivity index (χ4v) is 1.18. The average Bonchev–Trinajstić information content (AvgIpc) is 1.87. The lowest BCUT2D eigenvalue weighted by Crippen LogP contribution is -1.86. The zero-order valence-corrected chi connectivity index (χ0v) is 7.93. The molecule has 0 aromatic rings. The third kappa shape index (κ3) is 8.36. The summed E-state index contributed by atoms with van der Waals surface area (Å²) in [5, 5.41) is 0. The van der Waals surface area contributed by atoms with E-state index in [0.29, 0.717) is 6.42 Å². The monoisotopic (exact) mass is 164 g/mol. The zero-order chi connectivity index (χ0) is 7.82. The summed E-state index contributed by atoms with van der Waals surface area (Å²) in [7, 11) is 2.19. The van der Waals surface area contributed by atoms with Gasteiger partial charge in [-0.05, 0) is 6.42 Å². The molecule has 10 heavy (non-hydrogen) atoms. The normalized spacial score (nSPS) is 13.5. The number of alkyl halides is 1. The van der Waals surface area contributed by atoms with E-state index in [4.69, 9.17) is 0 Å². The first-order valence-electron chi connectivity index (χ1n) is 4.17. The van der Waals surface area contributed by atoms with Gasteiger partial charge in [0, 0.05) is 0 Å². The van der Waals surface area contributed by atoms with Crippen molar-refractivity contribution in [3.8, 4) is 0 Å². The molecule has 0 saturated carbocycles. The number of unbranched alkanes of at least 4 members (excludes halogenated alkanes) is 4. The average molecular weight is 164 g/mol. The quantitative estimate of drug-likeness (QED) is 0.416. The second-order valence-corrected chi connectivity index (χ2v) is 3.44. The molecule has 0 aromatic carbocycles. The number of hydrogen-bond donors (Lipinski definition) is 0. The Labute approximate surface area is 65.8 Å². The Kier molecular flexibility index (Phi) is 7.74. The zero-order valence-electron chi connectivity index (χ0n) is 6.78. The maximum absolute atomic E-state index is 12.2. The first-order valence-corrected chi connectivity index (χ1v) is 4.83. The third-order valence-electron chi connectivity index (χ3n) is 1.58. The molecular formula is C8H18FP. The summed E-state index contributed by atoms with van der Waals surface area (Å²) < 4.78 is 12.2. The minimum atomic E-state index is -0.679. The van der Waals surface area contributed by atoms with E-state index in [-0.39, 0.29) is 0 Å². The van der Waals surface area contributed by atoms with E-state index in [1.165, 1.54) is 25.7 Å². The lowest BCUT2D eigenvalue weighted by Gasteiger charge is -2.00. The van der Waals surface area contributed by atoms with E-state index in [9.17, 15) is 4.39 Å². The molecule has 0 aliphatic carbocycles. The van der Waals surface area contributed by atoms with Gasteiger partial charge in [-0.3, -0.25) is 0 Å². The van der Waals surface area contributed by atoms with Gasteiger partial charge >= 0.3 is 0 Å². The predicted molar refractivity (Wildman–Crippen MR) is 48.0 cm³/mol. The molecule has 62 valence electrons. The molecule has 0 spiro atoms. The van der Waals surface area contributed by atoms with Crippen molar-refractivity contribution in [2.45, 2.75) is 51.4 Å². The van der Waals surface area contributed by atoms with E-state index in [1.54, 1.807) is 0 Å². The number of hydrogen-bond acceptors (Lipinski definition) is 0. The maximum Gasteiger partial charge on any atom is 0.113 e. The Bertz CT molecular complexity index is 64.3. The fourth-order valence-electron chi connectivity index (χ4n) is 0.943. The van der Waals surface area contributed by atoms with Crippen molar-refractivity contribution in [1.29, 1.82) is 0 Å². The molecule has 0 radical (unpaired) electrons. The highest BCUT2D eigenvalue weighted by Crippen LogP contribution is 2.12. The van der Waals surface area contributed by atoms with Gasteiger partial charge in [-0.25, -0.2) is 4.39 Å². The van der Waals surface area contributed by atoms with Crippen molar-refractivity contribution in [1.82, 2.24) is 0 Å². The molecule has 0 fully saturated rings. The van der Waals surface area contributed by atoms with E-state index in [0.717, 1.165) is 6.42 Å². The van der Waals surface area contributed by atoms with Crippen molar-refractivity contribution in [2.75, 3.05) is 0 Å². The Morgan fingerprint density at radius 2 is 1.80 bits per heavy atom. The Hall–Kier alpha value is 0.360. The van der Waals surface area contributed by atoms with Gasteiger partial charge in [0.1, 0.15) is 5.91 Å². The topological polar surface area (TPSA) is 0 Å². The number of rotatable bonds is 6. The van der Waals surface area contributed by atoms with Crippen LogP contribution in [-0.2, 0) is 0 Å². The summed E-state index contributed by atoms with van der Waals surface area (Å²) in [5.41, 5.74) is 0. The van der Waals surface area contributed by atoms with Crippen LogP contribution in [0.3, 0.4) is 0 Å². The minimum absolute atomic E-state index is 0.679. The van der Waals surface area contributed by atoms with E-state index < -0.39 is 5.91 Å². The van der Waals surface area contributed by atoms with Crippen molar-refractivity contribution >= 4 is 9.24 Å². The van der Waals surface area contributed by atoms with Crippen LogP contribution in [0.5, 0.6) is 0 Å². The molecular weight excluding hydrogens is 146 g/mol. The highest BCUT2D eigenvalue weighted by atomic mass is 31.0. The van der Waals surface area contributed by atoms with Gasteiger partial charge in [0.15, 0.2) is 0 Å². The summed E-state index contributed by atoms with van der Waals surface area (Å²) in [5.74, 6) is -0.679. The lowest BCUT2D eigenvalue weighted by atomic mass is 10.1. The van der Waals surface area contributed by atoms with Crippen LogP contribution >= 0.6 is 9.24 Å². The third-order valence-corrected chi connectivity index (χ3v) is 1.92. The van der Waals surface area contributed by atoms with Gasteiger partial charge in [0.25, 0.3) is 0 Å². The highest BCUT2D eigenvalue weighted by Gasteiger charge is 1.96. The Morgan fingerprint density at radius 3 is 2.30 bits per heavy atom. The van der Waals surface area contributed by atoms with Gasteiger partial charge in [0.05, 0.1) is 0 Å². The van der Waals surface area contributed by atoms with Crippen molar-refractivity contribution < 1.29 is 4.39 Å². The van der Waals surface area contributed by atoms with Crippen LogP contribution in [0.1, 0.15) is 45.4 Å². The van der Waals surface area contributed by atoms with Crippen LogP contribution in [-0.4, -0.2) is 5.91 Å². The standard InChI is InChI=1S/C8H18FP/c1-2-3-4-5-6-7-8(9)10/h8H,2-7,10H2,1H3. The first-order chi connectivity index (χ1) is 4.77. The Morgan fingerprint density at radius 1 is 1.20 bits per heavy atom. The molecule has 0 aliphatic rings. The molecule has 2 atom stereocenters. The van der Waals surface area contributed by atoms with Gasteiger partial charge in [-0.15, -0.1) is 9.24 Å². The second-order valence-electron chi connectivity index (χ2n) is 2.72. The molecule has 2 heteroatoms. The summed E-state index contributed by atoms with van der Waals surface area (Å²) in [4.78, 5) is 0. The van der Waals surface area contributed by atoms with Gasteiger partial charge < -0.3 is 0 Å². The summed E-state index contributed by atoms with van der Waals surface area (Å²) >= 11 is 0. The second kappa shape index (κ2) is 7.47. The van der Waals surface area contributed by atoms with Crippen LogP contribution in [0.25, 0.3) is 0 Å². The van der Waals surface area contributed by atoms with Crippen LogP contribution in [0.15, 0.2) is 0 Å². The Balaban J connectivity index is 2.77. The van der Waals surface area contributed by atoms with Crippen LogP contribution in [0.2, 0.25) is 0 Å². The van der Waals surface area contributed by atoms with Crippen molar-refractivity contribution in [3.05, 3.63) is 0 Å². The van der Waals surface area contributed by atoms with Crippen molar-refractivity contribution in [3.63, 3.8) is 0 Å². The molecule has 2 unspecified atom stereocenters. The minimum Gasteiger partial charge on any atom is -0.243 e. The predicted octanol–water partition coefficient (Wildman–Crippen LogP) is 3.52. The molecule has 0 N–H and O–H groups in total. The lowest BCUT2D eigenvalue weighted by molar-refractivity contribution is 0.411. The van der Waals surface area contributed by atoms with Gasteiger partial charge in [-0.1, -0.05) is 39.0 Å². The molecule has 0 saturated heterocycles. The van der Waals surface area contributed by atoms with Gasteiger partial charge in [0.2, 0.25) is 0 Å². The molecule has 0 heterocycles. The van der Waals surface area contributed by atoms with E-state index >= 15 is 0 Å². The number of halogens is 1. The van der Waals surface area contributed by atoms with Crippen LogP contribution in [0.4, 0.5) is 4.39 Å². The first kappa shape index (κ1) is 10.4. The molecule has 0 aliphatic heterocycles. The summed E-state index contributed by atoms with van der Waals surface area (Å²) in [6.07, 6.45) is 6.79. The van der Waals surface area contributed by atoms with E-state index in [2.05, 4.69) is 16.2 Å². The van der Waals surface area contributed by atoms with Crippen molar-refractivity contribution in [2.24, 2.45) is 0 Å². The molecule has 0 rings (SSSR count). The largest absolute Gasteiger partial charge is 0.243 e. The maximum atomic E-state index is 12.2. The molecule has 0 amide bonds. The molecule has 0 nitrogen and oxygen atoms in total. The smallest absolute Gasteiger partial charge is 0.113 e. The highest BCUT2D eigenvalue weighted by molar-refractivity contribution is 7.17. The fraction of sp³-hybridized carbons (Fsp3) is 1.00. The molecule has 0 bridgehead atoms. The van der Waals surface area contributed by atoms with Gasteiger partial charge in [-0.2, -0.15) is 0 Å². The summed E-state index contributed by atoms with van der Waals surface area (Å²) in [6, 6.07) is 0. The molecule has 0 aromatic heterocycles.